The maximum Gasteiger partial charge on any atom is 0.254 e. The highest BCUT2D eigenvalue weighted by Gasteiger charge is 2.21. The van der Waals surface area contributed by atoms with Crippen LogP contribution in [0, 0.1) is 13.8 Å². The molecule has 0 unspecified atom stereocenters. The van der Waals surface area contributed by atoms with E-state index in [1.165, 1.54) is 18.4 Å². The predicted octanol–water partition coefficient (Wildman–Crippen LogP) is 6.19. The zero-order valence-electron chi connectivity index (χ0n) is 16.5. The molecular formula is C24H25ClN2O. The van der Waals surface area contributed by atoms with E-state index in [0.717, 1.165) is 53.7 Å². The molecule has 1 saturated heterocycles. The van der Waals surface area contributed by atoms with E-state index in [1.54, 1.807) is 0 Å². The number of hydrogen-bond donors (Lipinski definition) is 0. The van der Waals surface area contributed by atoms with Crippen molar-refractivity contribution in [3.63, 3.8) is 0 Å². The van der Waals surface area contributed by atoms with Crippen LogP contribution in [0.3, 0.4) is 0 Å². The number of pyridine rings is 1. The molecule has 2 heterocycles. The molecule has 0 saturated carbocycles. The molecule has 28 heavy (non-hydrogen) atoms. The van der Waals surface area contributed by atoms with Crippen molar-refractivity contribution in [2.75, 3.05) is 13.1 Å². The molecule has 0 spiro atoms. The van der Waals surface area contributed by atoms with Crippen LogP contribution in [-0.2, 0) is 0 Å². The first kappa shape index (κ1) is 18.9. The van der Waals surface area contributed by atoms with Gasteiger partial charge in [-0.1, -0.05) is 48.2 Å². The van der Waals surface area contributed by atoms with Crippen molar-refractivity contribution < 1.29 is 4.79 Å². The first-order chi connectivity index (χ1) is 13.5. The summed E-state index contributed by atoms with van der Waals surface area (Å²) < 4.78 is 0. The quantitative estimate of drug-likeness (QED) is 0.521. The second-order valence-electron chi connectivity index (χ2n) is 7.74. The van der Waals surface area contributed by atoms with Crippen LogP contribution in [-0.4, -0.2) is 28.9 Å². The summed E-state index contributed by atoms with van der Waals surface area (Å²) in [5, 5.41) is 1.45. The van der Waals surface area contributed by atoms with E-state index in [9.17, 15) is 4.79 Å². The number of nitrogens with zero attached hydrogens (tertiary/aromatic N) is 2. The lowest BCUT2D eigenvalue weighted by Crippen LogP contribution is -2.32. The lowest BCUT2D eigenvalue weighted by Gasteiger charge is -2.22. The van der Waals surface area contributed by atoms with Gasteiger partial charge in [0.2, 0.25) is 0 Å². The molecule has 0 aliphatic carbocycles. The molecule has 4 heteroatoms. The Hall–Kier alpha value is -2.39. The van der Waals surface area contributed by atoms with E-state index in [-0.39, 0.29) is 5.91 Å². The molecule has 3 nitrogen and oxygen atoms in total. The van der Waals surface area contributed by atoms with Crippen LogP contribution in [0.15, 0.2) is 42.5 Å². The van der Waals surface area contributed by atoms with Gasteiger partial charge in [0.25, 0.3) is 5.91 Å². The highest BCUT2D eigenvalue weighted by molar-refractivity contribution is 6.31. The van der Waals surface area contributed by atoms with Crippen molar-refractivity contribution in [1.82, 2.24) is 9.88 Å². The van der Waals surface area contributed by atoms with Crippen molar-refractivity contribution in [2.24, 2.45) is 0 Å². The van der Waals surface area contributed by atoms with E-state index >= 15 is 0 Å². The number of carbonyl (C=O) groups excluding carboxylic acids is 1. The number of aryl methyl sites for hydroxylation is 2. The highest BCUT2D eigenvalue weighted by Crippen LogP contribution is 2.30. The van der Waals surface area contributed by atoms with Crippen molar-refractivity contribution in [3.8, 4) is 11.3 Å². The molecule has 3 aromatic rings. The lowest BCUT2D eigenvalue weighted by atomic mass is 9.99. The van der Waals surface area contributed by atoms with Gasteiger partial charge in [-0.15, -0.1) is 0 Å². The van der Waals surface area contributed by atoms with Crippen LogP contribution in [0.5, 0.6) is 0 Å². The molecule has 0 atom stereocenters. The number of halogens is 1. The molecule has 1 aromatic heterocycles. The topological polar surface area (TPSA) is 33.2 Å². The molecule has 1 amide bonds. The summed E-state index contributed by atoms with van der Waals surface area (Å²) in [5.41, 5.74) is 5.78. The van der Waals surface area contributed by atoms with Crippen LogP contribution in [0.4, 0.5) is 0 Å². The van der Waals surface area contributed by atoms with Gasteiger partial charge in [0.1, 0.15) is 0 Å². The second kappa shape index (κ2) is 7.92. The van der Waals surface area contributed by atoms with Crippen molar-refractivity contribution in [2.45, 2.75) is 39.5 Å². The van der Waals surface area contributed by atoms with Gasteiger partial charge < -0.3 is 4.90 Å². The van der Waals surface area contributed by atoms with Crippen LogP contribution < -0.4 is 0 Å². The van der Waals surface area contributed by atoms with Crippen molar-refractivity contribution in [1.29, 1.82) is 0 Å². The molecule has 4 rings (SSSR count). The lowest BCUT2D eigenvalue weighted by molar-refractivity contribution is 0.0763. The predicted molar refractivity (Wildman–Crippen MR) is 116 cm³/mol. The Morgan fingerprint density at radius 3 is 2.43 bits per heavy atom. The number of fused-ring (bicyclic) bond motifs is 1. The summed E-state index contributed by atoms with van der Waals surface area (Å²) in [6.07, 6.45) is 4.53. The zero-order valence-corrected chi connectivity index (χ0v) is 17.2. The first-order valence-electron chi connectivity index (χ1n) is 10.00. The molecule has 0 bridgehead atoms. The minimum atomic E-state index is 0.0857. The summed E-state index contributed by atoms with van der Waals surface area (Å²) in [5.74, 6) is 0.0857. The van der Waals surface area contributed by atoms with Gasteiger partial charge in [-0.05, 0) is 56.5 Å². The van der Waals surface area contributed by atoms with Gasteiger partial charge >= 0.3 is 0 Å². The van der Waals surface area contributed by atoms with Gasteiger partial charge in [-0.3, -0.25) is 4.79 Å². The number of carbonyl (C=O) groups is 1. The summed E-state index contributed by atoms with van der Waals surface area (Å²) in [4.78, 5) is 20.3. The van der Waals surface area contributed by atoms with Crippen LogP contribution >= 0.6 is 11.6 Å². The maximum atomic E-state index is 13.5. The normalized spacial score (nSPS) is 14.9. The number of benzene rings is 2. The summed E-state index contributed by atoms with van der Waals surface area (Å²) in [6.45, 7) is 5.82. The maximum absolute atomic E-state index is 13.5. The van der Waals surface area contributed by atoms with Gasteiger partial charge in [-0.25, -0.2) is 4.98 Å². The van der Waals surface area contributed by atoms with Crippen LogP contribution in [0.1, 0.15) is 47.2 Å². The zero-order chi connectivity index (χ0) is 19.7. The second-order valence-corrected chi connectivity index (χ2v) is 8.18. The molecule has 2 aromatic carbocycles. The Bertz CT molecular complexity index is 1040. The number of aromatic nitrogens is 1. The fraction of sp³-hybridized carbons (Fsp3) is 0.333. The minimum Gasteiger partial charge on any atom is -0.339 e. The monoisotopic (exact) mass is 392 g/mol. The summed E-state index contributed by atoms with van der Waals surface area (Å²) in [7, 11) is 0. The molecule has 1 aliphatic heterocycles. The Balaban J connectivity index is 1.87. The van der Waals surface area contributed by atoms with E-state index in [2.05, 4.69) is 32.0 Å². The summed E-state index contributed by atoms with van der Waals surface area (Å²) >= 11 is 6.25. The molecule has 0 radical (unpaired) electrons. The molecule has 144 valence electrons. The number of rotatable bonds is 2. The average molecular weight is 393 g/mol. The van der Waals surface area contributed by atoms with Crippen molar-refractivity contribution in [3.05, 3.63) is 64.2 Å². The Kier molecular flexibility index (Phi) is 5.36. The fourth-order valence-electron chi connectivity index (χ4n) is 4.06. The van der Waals surface area contributed by atoms with E-state index in [1.807, 2.05) is 29.2 Å². The van der Waals surface area contributed by atoms with Gasteiger partial charge in [0.15, 0.2) is 0 Å². The fourth-order valence-corrected chi connectivity index (χ4v) is 4.23. The van der Waals surface area contributed by atoms with Crippen LogP contribution in [0.25, 0.3) is 22.2 Å². The summed E-state index contributed by atoms with van der Waals surface area (Å²) in [6, 6.07) is 13.9. The Morgan fingerprint density at radius 1 is 0.964 bits per heavy atom. The molecule has 0 N–H and O–H groups in total. The third-order valence-corrected chi connectivity index (χ3v) is 5.79. The van der Waals surface area contributed by atoms with Crippen LogP contribution in [0.2, 0.25) is 5.02 Å². The first-order valence-corrected chi connectivity index (χ1v) is 10.4. The number of hydrogen-bond acceptors (Lipinski definition) is 2. The SMILES string of the molecule is Cc1ccc(-c2cc(C(=O)N3CCCCCC3)c3cc(Cl)ccc3n2)c(C)c1. The van der Waals surface area contributed by atoms with E-state index < -0.39 is 0 Å². The van der Waals surface area contributed by atoms with E-state index in [0.29, 0.717) is 10.6 Å². The third-order valence-electron chi connectivity index (χ3n) is 5.55. The van der Waals surface area contributed by atoms with Gasteiger partial charge in [-0.2, -0.15) is 0 Å². The van der Waals surface area contributed by atoms with E-state index in [4.69, 9.17) is 16.6 Å². The number of likely N-dealkylation sites (tertiary alicyclic amines) is 1. The molecular weight excluding hydrogens is 368 g/mol. The van der Waals surface area contributed by atoms with Gasteiger partial charge in [0.05, 0.1) is 16.8 Å². The number of amides is 1. The smallest absolute Gasteiger partial charge is 0.254 e. The Labute approximate surface area is 171 Å². The minimum absolute atomic E-state index is 0.0857. The standard InChI is InChI=1S/C24H25ClN2O/c1-16-7-9-19(17(2)13-16)23-15-21(20-14-18(25)8-10-22(20)26-23)24(28)27-11-5-3-4-6-12-27/h7-10,13-15H,3-6,11-12H2,1-2H3. The van der Waals surface area contributed by atoms with Gasteiger partial charge in [0, 0.05) is 29.1 Å². The Morgan fingerprint density at radius 2 is 1.71 bits per heavy atom. The molecule has 1 aliphatic rings. The van der Waals surface area contributed by atoms with Crippen molar-refractivity contribution >= 4 is 28.4 Å². The third kappa shape index (κ3) is 3.77. The largest absolute Gasteiger partial charge is 0.339 e. The molecule has 1 fully saturated rings. The highest BCUT2D eigenvalue weighted by atomic mass is 35.5. The average Bonchev–Trinajstić information content (AvgIpc) is 2.96.